The van der Waals surface area contributed by atoms with Gasteiger partial charge in [0.2, 0.25) is 0 Å². The number of aryl methyl sites for hydroxylation is 6. The molecule has 4 aromatic rings. The highest BCUT2D eigenvalue weighted by molar-refractivity contribution is 5.82. The Labute approximate surface area is 407 Å². The maximum atomic E-state index is 3.51. The summed E-state index contributed by atoms with van der Waals surface area (Å²) in [7, 11) is 0. The third-order valence-electron chi connectivity index (χ3n) is 13.2. The lowest BCUT2D eigenvalue weighted by atomic mass is 9.94. The Balaban J connectivity index is 2.03. The quantitative estimate of drug-likeness (QED) is 0.0458. The average molecular weight is 877 g/mol. The van der Waals surface area contributed by atoms with Crippen LogP contribution < -0.4 is 0 Å². The molecule has 0 spiro atoms. The van der Waals surface area contributed by atoms with Crippen molar-refractivity contribution < 1.29 is 0 Å². The lowest BCUT2D eigenvalue weighted by Gasteiger charge is -2.10. The zero-order valence-corrected chi connectivity index (χ0v) is 42.7. The minimum atomic E-state index is 0.954. The van der Waals surface area contributed by atoms with Crippen molar-refractivity contribution in [3.63, 3.8) is 0 Å². The molecule has 0 saturated heterocycles. The minimum absolute atomic E-state index is 0.954. The van der Waals surface area contributed by atoms with Crippen molar-refractivity contribution in [2.45, 2.75) is 234 Å². The number of rotatable bonds is 30. The summed E-state index contributed by atoms with van der Waals surface area (Å²) in [5, 5.41) is 5.72. The van der Waals surface area contributed by atoms with Gasteiger partial charge in [0.1, 0.15) is 0 Å². The molecule has 0 saturated carbocycles. The van der Waals surface area contributed by atoms with E-state index < -0.39 is 0 Å². The van der Waals surface area contributed by atoms with E-state index in [4.69, 9.17) is 0 Å². The minimum Gasteiger partial charge on any atom is -0.0654 e. The van der Waals surface area contributed by atoms with Gasteiger partial charge in [-0.15, -0.1) is 0 Å². The van der Waals surface area contributed by atoms with Gasteiger partial charge in [-0.25, -0.2) is 0 Å². The van der Waals surface area contributed by atoms with Gasteiger partial charge in [0.05, 0.1) is 0 Å². The highest BCUT2D eigenvalue weighted by Gasteiger charge is 2.09. The molecule has 0 atom stereocenters. The fourth-order valence-electron chi connectivity index (χ4n) is 9.13. The highest BCUT2D eigenvalue weighted by Crippen LogP contribution is 2.25. The molecule has 0 aromatic heterocycles. The van der Waals surface area contributed by atoms with Gasteiger partial charge in [0, 0.05) is 32.3 Å². The molecule has 66 heavy (non-hydrogen) atoms. The van der Waals surface area contributed by atoms with Crippen LogP contribution in [0.4, 0.5) is 0 Å². The first-order valence-electron chi connectivity index (χ1n) is 27.1. The van der Waals surface area contributed by atoms with Crippen LogP contribution in [0.15, 0.2) is 36.4 Å². The van der Waals surface area contributed by atoms with Crippen LogP contribution >= 0.6 is 0 Å². The van der Waals surface area contributed by atoms with Gasteiger partial charge < -0.3 is 0 Å². The number of benzene rings is 3. The SMILES string of the molecule is CCCCCCc1cc2c#cc#cc3cc(CCCCCC)c(CCCCCC)cc3c#cc#cc3cc(CCCCCC)c(CCCCCC)cc3c#cc#cc2cc1CCCCCC. The summed E-state index contributed by atoms with van der Waals surface area (Å²) < 4.78 is 0. The van der Waals surface area contributed by atoms with E-state index in [2.05, 4.69) is 151 Å². The van der Waals surface area contributed by atoms with Gasteiger partial charge in [0.25, 0.3) is 0 Å². The highest BCUT2D eigenvalue weighted by atomic mass is 14.1. The van der Waals surface area contributed by atoms with Gasteiger partial charge >= 0.3 is 0 Å². The second-order valence-corrected chi connectivity index (χ2v) is 18.9. The molecule has 0 aliphatic rings. The Morgan fingerprint density at radius 1 is 0.212 bits per heavy atom. The Bertz CT molecular complexity index is 1750. The van der Waals surface area contributed by atoms with E-state index in [0.717, 1.165) is 70.8 Å². The van der Waals surface area contributed by atoms with Crippen LogP contribution in [0.5, 0.6) is 0 Å². The van der Waals surface area contributed by atoms with Crippen molar-refractivity contribution in [3.8, 4) is 0 Å². The van der Waals surface area contributed by atoms with Gasteiger partial charge in [-0.2, -0.15) is 0 Å². The summed E-state index contributed by atoms with van der Waals surface area (Å²) in [4.78, 5) is 0. The molecule has 348 valence electrons. The van der Waals surface area contributed by atoms with E-state index in [9.17, 15) is 0 Å². The van der Waals surface area contributed by atoms with E-state index in [0.29, 0.717) is 0 Å². The van der Waals surface area contributed by atoms with Crippen molar-refractivity contribution in [1.29, 1.82) is 0 Å². The summed E-state index contributed by atoms with van der Waals surface area (Å²) in [5.74, 6) is 0. The Morgan fingerprint density at radius 3 is 0.500 bits per heavy atom. The Hall–Kier alpha value is -4.98. The number of hydrogen-bond donors (Lipinski definition) is 0. The smallest absolute Gasteiger partial charge is 0.0415 e. The molecule has 0 nitrogen and oxygen atoms in total. The number of unbranched alkanes of at least 4 members (excludes halogenated alkanes) is 18. The fraction of sp³-hybridized carbons (Fsp3) is 0.545. The fourth-order valence-corrected chi connectivity index (χ4v) is 9.13. The molecule has 0 radical (unpaired) electrons. The first kappa shape index (κ1) is 53.6. The topological polar surface area (TPSA) is 0 Å². The van der Waals surface area contributed by atoms with Crippen LogP contribution in [0.25, 0.3) is 32.3 Å². The van der Waals surface area contributed by atoms with Crippen LogP contribution in [0.2, 0.25) is 0 Å². The maximum absolute atomic E-state index is 3.51. The third-order valence-corrected chi connectivity index (χ3v) is 13.2. The summed E-state index contributed by atoms with van der Waals surface area (Å²) >= 11 is 0. The number of fused-ring (bicyclic) bond motifs is 3. The van der Waals surface area contributed by atoms with Crippen molar-refractivity contribution in [2.24, 2.45) is 0 Å². The van der Waals surface area contributed by atoms with E-state index in [-0.39, 0.29) is 0 Å². The Morgan fingerprint density at radius 2 is 0.364 bits per heavy atom. The molecule has 0 aliphatic carbocycles. The van der Waals surface area contributed by atoms with Crippen LogP contribution in [0.3, 0.4) is 0 Å². The van der Waals surface area contributed by atoms with Gasteiger partial charge in [-0.1, -0.05) is 194 Å². The van der Waals surface area contributed by atoms with Crippen LogP contribution in [0, 0.1) is 72.8 Å². The van der Waals surface area contributed by atoms with Crippen LogP contribution in [-0.2, 0) is 38.5 Å². The monoisotopic (exact) mass is 877 g/mol. The second-order valence-electron chi connectivity index (χ2n) is 18.9. The molecular weight excluding hydrogens is 793 g/mol. The molecular formula is C66H84. The van der Waals surface area contributed by atoms with Crippen molar-refractivity contribution in [1.82, 2.24) is 0 Å². The van der Waals surface area contributed by atoms with Gasteiger partial charge in [-0.05, 0) is 183 Å². The van der Waals surface area contributed by atoms with Gasteiger partial charge in [-0.3, -0.25) is 0 Å². The molecule has 0 aliphatic heterocycles. The molecule has 0 fully saturated rings. The largest absolute Gasteiger partial charge is 0.0654 e. The lowest BCUT2D eigenvalue weighted by Crippen LogP contribution is -1.96. The maximum Gasteiger partial charge on any atom is 0.0415 e. The predicted octanol–water partition coefficient (Wildman–Crippen LogP) is 18.9. The first-order valence-corrected chi connectivity index (χ1v) is 27.1. The predicted molar refractivity (Wildman–Crippen MR) is 285 cm³/mol. The van der Waals surface area contributed by atoms with E-state index >= 15 is 0 Å². The molecule has 4 rings (SSSR count). The standard InChI is InChI=1S/C66H84/c1-7-13-19-25-37-55-49-61-43-31-32-45-63-51-57(39-27-21-15-9-3)59(41-29-23-17-11-5)53-65(63)47-35-36-48-66-54-60(42-30-24-18-12-6)58(40-28-22-16-10-4)52-64(66)46-34-33-44-62(61)50-56(55)38-26-20-14-8-2/h49-54H,7-30,37-42H2,1-6H3. The zero-order valence-electron chi connectivity index (χ0n) is 42.7. The lowest BCUT2D eigenvalue weighted by molar-refractivity contribution is 0.651. The molecule has 0 heterocycles. The van der Waals surface area contributed by atoms with Crippen molar-refractivity contribution in [2.75, 3.05) is 0 Å². The average Bonchev–Trinajstić information content (AvgIpc) is 3.32. The molecule has 0 bridgehead atoms. The molecule has 0 amide bonds. The Kier molecular flexibility index (Phi) is 27.2. The summed E-state index contributed by atoms with van der Waals surface area (Å²) in [6, 6.07) is 54.8. The van der Waals surface area contributed by atoms with Crippen LogP contribution in [-0.4, -0.2) is 0 Å². The van der Waals surface area contributed by atoms with Crippen LogP contribution in [0.1, 0.15) is 229 Å². The van der Waals surface area contributed by atoms with Crippen molar-refractivity contribution >= 4 is 32.3 Å². The number of hydrogen-bond acceptors (Lipinski definition) is 0. The van der Waals surface area contributed by atoms with Crippen molar-refractivity contribution in [3.05, 3.63) is 143 Å². The van der Waals surface area contributed by atoms with E-state index in [1.807, 2.05) is 0 Å². The summed E-state index contributed by atoms with van der Waals surface area (Å²) in [5.41, 5.74) is 8.52. The summed E-state index contributed by atoms with van der Waals surface area (Å²) in [6.07, 6.45) is 36.2. The van der Waals surface area contributed by atoms with E-state index in [1.54, 1.807) is 0 Å². The second kappa shape index (κ2) is 33.5. The molecule has 0 heteroatoms. The first-order chi connectivity index (χ1) is 32.5. The van der Waals surface area contributed by atoms with E-state index in [1.165, 1.54) is 187 Å². The van der Waals surface area contributed by atoms with Gasteiger partial charge in [0.15, 0.2) is 0 Å². The molecule has 0 N–H and O–H groups in total. The zero-order chi connectivity index (χ0) is 46.9. The third kappa shape index (κ3) is 19.9. The molecule has 4 aromatic carbocycles. The normalized spacial score (nSPS) is 10.5. The summed E-state index contributed by atoms with van der Waals surface area (Å²) in [6.45, 7) is 13.7. The molecule has 0 unspecified atom stereocenters.